The Bertz CT molecular complexity index is 832. The predicted octanol–water partition coefficient (Wildman–Crippen LogP) is 2.48. The molecule has 2 heterocycles. The lowest BCUT2D eigenvalue weighted by Crippen LogP contribution is -2.46. The van der Waals surface area contributed by atoms with E-state index in [-0.39, 0.29) is 18.5 Å². The highest BCUT2D eigenvalue weighted by molar-refractivity contribution is 6.08. The maximum atomic E-state index is 12.9. The normalized spacial score (nSPS) is 19.5. The summed E-state index contributed by atoms with van der Waals surface area (Å²) in [6.45, 7) is 5.47. The maximum absolute atomic E-state index is 12.9. The summed E-state index contributed by atoms with van der Waals surface area (Å²) in [5.74, 6) is -0.457. The first-order valence-corrected chi connectivity index (χ1v) is 8.84. The average Bonchev–Trinajstić information content (AvgIpc) is 3.25. The van der Waals surface area contributed by atoms with E-state index in [1.165, 1.54) is 6.26 Å². The molecule has 1 aliphatic heterocycles. The van der Waals surface area contributed by atoms with Crippen LogP contribution in [-0.2, 0) is 21.7 Å². The molecule has 1 aromatic heterocycles. The lowest BCUT2D eigenvalue weighted by molar-refractivity contribution is -0.140. The number of rotatable bonds is 6. The monoisotopic (exact) mass is 369 g/mol. The Kier molecular flexibility index (Phi) is 5.03. The van der Waals surface area contributed by atoms with Crippen LogP contribution in [0.1, 0.15) is 32.1 Å². The number of nitrogens with one attached hydrogen (secondary N) is 1. The molecule has 1 N–H and O–H groups in total. The molecule has 27 heavy (non-hydrogen) atoms. The minimum Gasteiger partial charge on any atom is -0.466 e. The van der Waals surface area contributed by atoms with Crippen LogP contribution in [0.4, 0.5) is 4.79 Å². The van der Waals surface area contributed by atoms with Gasteiger partial charge in [0, 0.05) is 12.6 Å². The summed E-state index contributed by atoms with van der Waals surface area (Å²) in [5, 5.41) is 2.63. The predicted molar refractivity (Wildman–Crippen MR) is 98.4 cm³/mol. The van der Waals surface area contributed by atoms with Crippen LogP contribution in [-0.4, -0.2) is 40.2 Å². The van der Waals surface area contributed by atoms with Crippen molar-refractivity contribution in [3.05, 3.63) is 60.1 Å². The largest absolute Gasteiger partial charge is 0.466 e. The first-order valence-electron chi connectivity index (χ1n) is 8.84. The fraction of sp³-hybridized carbons (Fsp3) is 0.350. The molecule has 1 saturated heterocycles. The van der Waals surface area contributed by atoms with Crippen molar-refractivity contribution < 1.29 is 18.8 Å². The number of nitrogens with zero attached hydrogens (tertiary/aromatic N) is 2. The van der Waals surface area contributed by atoms with Crippen LogP contribution < -0.4 is 5.32 Å². The number of benzene rings is 1. The molecule has 1 fully saturated rings. The summed E-state index contributed by atoms with van der Waals surface area (Å²) in [5.41, 5.74) is -0.319. The summed E-state index contributed by atoms with van der Waals surface area (Å²) in [6.07, 6.45) is 1.44. The van der Waals surface area contributed by atoms with Crippen molar-refractivity contribution in [2.45, 2.75) is 38.9 Å². The van der Waals surface area contributed by atoms with Gasteiger partial charge in [0.1, 0.15) is 12.3 Å². The van der Waals surface area contributed by atoms with Gasteiger partial charge < -0.3 is 14.6 Å². The fourth-order valence-electron chi connectivity index (χ4n) is 3.14. The van der Waals surface area contributed by atoms with Gasteiger partial charge in [0.15, 0.2) is 5.54 Å². The van der Waals surface area contributed by atoms with Crippen LogP contribution in [0.3, 0.4) is 0 Å². The van der Waals surface area contributed by atoms with Crippen molar-refractivity contribution in [3.63, 3.8) is 0 Å². The van der Waals surface area contributed by atoms with Gasteiger partial charge in [-0.2, -0.15) is 0 Å². The van der Waals surface area contributed by atoms with Crippen LogP contribution in [0.25, 0.3) is 0 Å². The molecular formula is C20H23N3O4. The van der Waals surface area contributed by atoms with Crippen molar-refractivity contribution in [2.24, 2.45) is 0 Å². The third-order valence-electron chi connectivity index (χ3n) is 4.72. The highest BCUT2D eigenvalue weighted by Crippen LogP contribution is 2.29. The van der Waals surface area contributed by atoms with Gasteiger partial charge in [0.25, 0.3) is 5.91 Å². The highest BCUT2D eigenvalue weighted by Gasteiger charge is 2.51. The van der Waals surface area contributed by atoms with E-state index in [4.69, 9.17) is 4.42 Å². The van der Waals surface area contributed by atoms with E-state index in [0.717, 1.165) is 10.5 Å². The van der Waals surface area contributed by atoms with Crippen molar-refractivity contribution >= 4 is 17.8 Å². The average molecular weight is 369 g/mol. The van der Waals surface area contributed by atoms with Crippen LogP contribution in [0.5, 0.6) is 0 Å². The molecule has 1 atom stereocenters. The summed E-state index contributed by atoms with van der Waals surface area (Å²) in [7, 11) is 0. The van der Waals surface area contributed by atoms with Gasteiger partial charge in [0.05, 0.1) is 6.26 Å². The molecule has 0 radical (unpaired) electrons. The second-order valence-corrected chi connectivity index (χ2v) is 7.02. The van der Waals surface area contributed by atoms with E-state index < -0.39 is 17.5 Å². The number of carbonyl (C=O) groups is 3. The van der Waals surface area contributed by atoms with E-state index in [9.17, 15) is 14.4 Å². The minimum absolute atomic E-state index is 0.0741. The topological polar surface area (TPSA) is 82.9 Å². The quantitative estimate of drug-likeness (QED) is 0.793. The van der Waals surface area contributed by atoms with E-state index in [2.05, 4.69) is 5.32 Å². The van der Waals surface area contributed by atoms with Crippen LogP contribution in [0.15, 0.2) is 53.1 Å². The molecule has 2 aromatic rings. The number of carbonyl (C=O) groups excluding carboxylic acids is 3. The second-order valence-electron chi connectivity index (χ2n) is 7.02. The van der Waals surface area contributed by atoms with E-state index in [0.29, 0.717) is 12.3 Å². The SMILES string of the molecule is CC(C)N(Cc1ccccc1)C(=O)CN1C(=O)N[C@](C)(c2ccco2)C1=O. The lowest BCUT2D eigenvalue weighted by atomic mass is 9.99. The van der Waals surface area contributed by atoms with Gasteiger partial charge >= 0.3 is 6.03 Å². The number of imide groups is 1. The summed E-state index contributed by atoms with van der Waals surface area (Å²) < 4.78 is 5.30. The molecule has 142 valence electrons. The van der Waals surface area contributed by atoms with Gasteiger partial charge in [0.2, 0.25) is 5.91 Å². The highest BCUT2D eigenvalue weighted by atomic mass is 16.3. The fourth-order valence-corrected chi connectivity index (χ4v) is 3.14. The van der Waals surface area contributed by atoms with Crippen molar-refractivity contribution in [3.8, 4) is 0 Å². The Balaban J connectivity index is 1.76. The molecule has 1 aliphatic rings. The number of furan rings is 1. The molecule has 0 spiro atoms. The van der Waals surface area contributed by atoms with E-state index in [1.54, 1.807) is 24.0 Å². The molecule has 1 aromatic carbocycles. The summed E-state index contributed by atoms with van der Waals surface area (Å²) in [6, 6.07) is 12.2. The molecular weight excluding hydrogens is 346 g/mol. The maximum Gasteiger partial charge on any atom is 0.325 e. The van der Waals surface area contributed by atoms with Crippen LogP contribution in [0, 0.1) is 0 Å². The van der Waals surface area contributed by atoms with E-state index in [1.807, 2.05) is 44.2 Å². The van der Waals surface area contributed by atoms with Crippen molar-refractivity contribution in [2.75, 3.05) is 6.54 Å². The lowest BCUT2D eigenvalue weighted by Gasteiger charge is -2.28. The number of amides is 4. The third kappa shape index (κ3) is 3.58. The zero-order valence-electron chi connectivity index (χ0n) is 15.6. The van der Waals surface area contributed by atoms with Gasteiger partial charge in [-0.25, -0.2) is 4.79 Å². The smallest absolute Gasteiger partial charge is 0.325 e. The Morgan fingerprint density at radius 3 is 2.48 bits per heavy atom. The standard InChI is InChI=1S/C20H23N3O4/c1-14(2)22(12-15-8-5-4-6-9-15)17(24)13-23-18(25)20(3,21-19(23)26)16-10-7-11-27-16/h4-11,14H,12-13H2,1-3H3,(H,21,26)/t20-/m1/s1. The molecule has 4 amide bonds. The first-order chi connectivity index (χ1) is 12.8. The third-order valence-corrected chi connectivity index (χ3v) is 4.72. The van der Waals surface area contributed by atoms with Crippen molar-refractivity contribution in [1.82, 2.24) is 15.1 Å². The molecule has 0 unspecified atom stereocenters. The van der Waals surface area contributed by atoms with Gasteiger partial charge in [-0.3, -0.25) is 14.5 Å². The zero-order valence-corrected chi connectivity index (χ0v) is 15.6. The minimum atomic E-state index is -1.30. The molecule has 0 bridgehead atoms. The second kappa shape index (κ2) is 7.26. The van der Waals surface area contributed by atoms with Gasteiger partial charge in [-0.1, -0.05) is 30.3 Å². The number of hydrogen-bond donors (Lipinski definition) is 1. The van der Waals surface area contributed by atoms with Gasteiger partial charge in [-0.15, -0.1) is 0 Å². The zero-order chi connectivity index (χ0) is 19.6. The molecule has 7 heteroatoms. The van der Waals surface area contributed by atoms with Gasteiger partial charge in [-0.05, 0) is 38.5 Å². The van der Waals surface area contributed by atoms with Crippen molar-refractivity contribution in [1.29, 1.82) is 0 Å². The number of urea groups is 1. The molecule has 7 nitrogen and oxygen atoms in total. The Labute approximate surface area is 157 Å². The Hall–Kier alpha value is -3.09. The Morgan fingerprint density at radius 2 is 1.89 bits per heavy atom. The summed E-state index contributed by atoms with van der Waals surface area (Å²) >= 11 is 0. The Morgan fingerprint density at radius 1 is 1.19 bits per heavy atom. The number of hydrogen-bond acceptors (Lipinski definition) is 4. The summed E-state index contributed by atoms with van der Waals surface area (Å²) in [4.78, 5) is 40.7. The van der Waals surface area contributed by atoms with E-state index >= 15 is 0 Å². The molecule has 3 rings (SSSR count). The molecule has 0 aliphatic carbocycles. The first kappa shape index (κ1) is 18.7. The van der Waals surface area contributed by atoms with Crippen LogP contribution in [0.2, 0.25) is 0 Å². The molecule has 0 saturated carbocycles. The van der Waals surface area contributed by atoms with Crippen LogP contribution >= 0.6 is 0 Å².